The number of carbonyl (C=O) groups excluding carboxylic acids is 3. The van der Waals surface area contributed by atoms with Crippen LogP contribution in [0.15, 0.2) is 54.6 Å². The molecule has 0 bridgehead atoms. The summed E-state index contributed by atoms with van der Waals surface area (Å²) in [5, 5.41) is 4.94. The first kappa shape index (κ1) is 21.0. The number of hydrogen-bond acceptors (Lipinski definition) is 5. The zero-order chi connectivity index (χ0) is 20.4. The van der Waals surface area contributed by atoms with Crippen LogP contribution in [0.2, 0.25) is 0 Å². The van der Waals surface area contributed by atoms with Gasteiger partial charge in [0, 0.05) is 6.42 Å². The van der Waals surface area contributed by atoms with Gasteiger partial charge in [-0.05, 0) is 18.1 Å². The van der Waals surface area contributed by atoms with Crippen molar-refractivity contribution in [3.8, 4) is 0 Å². The van der Waals surface area contributed by atoms with E-state index in [2.05, 4.69) is 10.6 Å². The fourth-order valence-electron chi connectivity index (χ4n) is 2.58. The quantitative estimate of drug-likeness (QED) is 0.680. The number of hydrogen-bond donors (Lipinski definition) is 2. The predicted octanol–water partition coefficient (Wildman–Crippen LogP) is 2.12. The third kappa shape index (κ3) is 7.11. The summed E-state index contributed by atoms with van der Waals surface area (Å²) >= 11 is 0. The van der Waals surface area contributed by atoms with Crippen molar-refractivity contribution in [1.29, 1.82) is 0 Å². The van der Waals surface area contributed by atoms with E-state index in [1.54, 1.807) is 0 Å². The largest absolute Gasteiger partial charge is 0.467 e. The van der Waals surface area contributed by atoms with Gasteiger partial charge in [-0.2, -0.15) is 0 Å². The van der Waals surface area contributed by atoms with E-state index in [1.807, 2.05) is 61.5 Å². The Balaban J connectivity index is 1.82. The number of benzene rings is 2. The van der Waals surface area contributed by atoms with Gasteiger partial charge in [-0.25, -0.2) is 9.59 Å². The molecule has 28 heavy (non-hydrogen) atoms. The van der Waals surface area contributed by atoms with Gasteiger partial charge in [0.25, 0.3) is 0 Å². The number of nitrogens with one attached hydrogen (secondary N) is 2. The van der Waals surface area contributed by atoms with Gasteiger partial charge in [-0.1, -0.05) is 60.2 Å². The molecule has 0 unspecified atom stereocenters. The van der Waals surface area contributed by atoms with Crippen LogP contribution in [0.3, 0.4) is 0 Å². The van der Waals surface area contributed by atoms with Crippen LogP contribution in [-0.2, 0) is 32.1 Å². The second-order valence-corrected chi connectivity index (χ2v) is 6.25. The van der Waals surface area contributed by atoms with Crippen molar-refractivity contribution in [1.82, 2.24) is 10.6 Å². The Labute approximate surface area is 164 Å². The molecule has 7 nitrogen and oxygen atoms in total. The molecule has 0 heterocycles. The van der Waals surface area contributed by atoms with Crippen LogP contribution in [0.4, 0.5) is 4.79 Å². The van der Waals surface area contributed by atoms with Crippen LogP contribution < -0.4 is 10.6 Å². The van der Waals surface area contributed by atoms with E-state index in [-0.39, 0.29) is 13.2 Å². The molecular weight excluding hydrogens is 360 g/mol. The number of rotatable bonds is 8. The van der Waals surface area contributed by atoms with Gasteiger partial charge in [0.15, 0.2) is 0 Å². The number of amides is 2. The fourth-order valence-corrected chi connectivity index (χ4v) is 2.58. The molecule has 2 rings (SSSR count). The third-order valence-corrected chi connectivity index (χ3v) is 3.95. The molecule has 2 N–H and O–H groups in total. The molecule has 0 aliphatic heterocycles. The smallest absolute Gasteiger partial charge is 0.407 e. The summed E-state index contributed by atoms with van der Waals surface area (Å²) < 4.78 is 9.80. The van der Waals surface area contributed by atoms with Gasteiger partial charge in [-0.3, -0.25) is 4.79 Å². The lowest BCUT2D eigenvalue weighted by molar-refractivity contribution is -0.144. The minimum absolute atomic E-state index is 0.104. The van der Waals surface area contributed by atoms with Gasteiger partial charge in [0.1, 0.15) is 19.2 Å². The van der Waals surface area contributed by atoms with Crippen LogP contribution in [0, 0.1) is 6.92 Å². The van der Waals surface area contributed by atoms with Crippen LogP contribution in [0.1, 0.15) is 16.7 Å². The molecule has 1 atom stereocenters. The van der Waals surface area contributed by atoms with E-state index in [9.17, 15) is 14.4 Å². The number of methoxy groups -OCH3 is 1. The molecule has 0 spiro atoms. The van der Waals surface area contributed by atoms with Gasteiger partial charge in [0.2, 0.25) is 5.91 Å². The molecule has 0 aromatic heterocycles. The maximum atomic E-state index is 12.1. The fraction of sp³-hybridized carbons (Fsp3) is 0.286. The monoisotopic (exact) mass is 384 g/mol. The van der Waals surface area contributed by atoms with Crippen molar-refractivity contribution in [3.63, 3.8) is 0 Å². The summed E-state index contributed by atoms with van der Waals surface area (Å²) in [6.07, 6.45) is -0.425. The first-order chi connectivity index (χ1) is 13.5. The molecule has 2 aromatic carbocycles. The minimum atomic E-state index is -0.846. The Bertz CT molecular complexity index is 807. The van der Waals surface area contributed by atoms with E-state index in [0.717, 1.165) is 16.7 Å². The van der Waals surface area contributed by atoms with E-state index in [4.69, 9.17) is 9.47 Å². The van der Waals surface area contributed by atoms with Crippen LogP contribution in [-0.4, -0.2) is 37.7 Å². The molecule has 2 amide bonds. The van der Waals surface area contributed by atoms with E-state index >= 15 is 0 Å². The highest BCUT2D eigenvalue weighted by atomic mass is 16.5. The number of aryl methyl sites for hydroxylation is 1. The van der Waals surface area contributed by atoms with Gasteiger partial charge in [0.05, 0.1) is 7.11 Å². The molecule has 7 heteroatoms. The van der Waals surface area contributed by atoms with Crippen molar-refractivity contribution in [2.75, 3.05) is 13.7 Å². The molecule has 0 fully saturated rings. The summed E-state index contributed by atoms with van der Waals surface area (Å²) in [6, 6.07) is 16.0. The molecule has 0 aliphatic rings. The predicted molar refractivity (Wildman–Crippen MR) is 103 cm³/mol. The lowest BCUT2D eigenvalue weighted by Gasteiger charge is -2.17. The standard InChI is InChI=1S/C21H24N2O5/c1-15-7-6-10-17(11-15)12-18(20(25)27-2)23-19(24)13-22-21(26)28-14-16-8-4-3-5-9-16/h3-11,18H,12-14H2,1-2H3,(H,22,26)(H,23,24)/t18-/m1/s1. The maximum absolute atomic E-state index is 12.1. The molecule has 2 aromatic rings. The Hall–Kier alpha value is -3.35. The third-order valence-electron chi connectivity index (χ3n) is 3.95. The average Bonchev–Trinajstić information content (AvgIpc) is 2.70. The molecule has 0 radical (unpaired) electrons. The first-order valence-corrected chi connectivity index (χ1v) is 8.85. The van der Waals surface area contributed by atoms with Crippen molar-refractivity contribution in [3.05, 3.63) is 71.3 Å². The van der Waals surface area contributed by atoms with E-state index < -0.39 is 24.0 Å². The van der Waals surface area contributed by atoms with Crippen LogP contribution in [0.25, 0.3) is 0 Å². The summed E-state index contributed by atoms with van der Waals surface area (Å²) in [6.45, 7) is 1.74. The SMILES string of the molecule is COC(=O)[C@@H](Cc1cccc(C)c1)NC(=O)CNC(=O)OCc1ccccc1. The van der Waals surface area contributed by atoms with Gasteiger partial charge >= 0.3 is 12.1 Å². The summed E-state index contributed by atoms with van der Waals surface area (Å²) in [4.78, 5) is 35.8. The number of ether oxygens (including phenoxy) is 2. The van der Waals surface area contributed by atoms with Gasteiger partial charge < -0.3 is 20.1 Å². The van der Waals surface area contributed by atoms with Crippen LogP contribution >= 0.6 is 0 Å². The molecule has 0 saturated heterocycles. The van der Waals surface area contributed by atoms with E-state index in [0.29, 0.717) is 6.42 Å². The normalized spacial score (nSPS) is 11.2. The molecule has 0 aliphatic carbocycles. The van der Waals surface area contributed by atoms with Gasteiger partial charge in [-0.15, -0.1) is 0 Å². The second kappa shape index (κ2) is 10.7. The van der Waals surface area contributed by atoms with Crippen molar-refractivity contribution in [2.24, 2.45) is 0 Å². The molecular formula is C21H24N2O5. The zero-order valence-corrected chi connectivity index (χ0v) is 15.9. The first-order valence-electron chi connectivity index (χ1n) is 8.85. The topological polar surface area (TPSA) is 93.7 Å². The lowest BCUT2D eigenvalue weighted by atomic mass is 10.0. The molecule has 0 saturated carbocycles. The highest BCUT2D eigenvalue weighted by molar-refractivity contribution is 5.87. The van der Waals surface area contributed by atoms with Crippen LogP contribution in [0.5, 0.6) is 0 Å². The second-order valence-electron chi connectivity index (χ2n) is 6.25. The average molecular weight is 384 g/mol. The van der Waals surface area contributed by atoms with E-state index in [1.165, 1.54) is 7.11 Å². The maximum Gasteiger partial charge on any atom is 0.407 e. The summed E-state index contributed by atoms with van der Waals surface area (Å²) in [5.74, 6) is -1.07. The number of esters is 1. The minimum Gasteiger partial charge on any atom is -0.467 e. The highest BCUT2D eigenvalue weighted by Crippen LogP contribution is 2.08. The summed E-state index contributed by atoms with van der Waals surface area (Å²) in [5.41, 5.74) is 2.78. The van der Waals surface area contributed by atoms with Crippen molar-refractivity contribution in [2.45, 2.75) is 26.0 Å². The Morgan fingerprint density at radius 3 is 2.39 bits per heavy atom. The van der Waals surface area contributed by atoms with Crippen molar-refractivity contribution >= 4 is 18.0 Å². The number of alkyl carbamates (subject to hydrolysis) is 1. The summed E-state index contributed by atoms with van der Waals surface area (Å²) in [7, 11) is 1.26. The Kier molecular flexibility index (Phi) is 8.02. The van der Waals surface area contributed by atoms with Crippen molar-refractivity contribution < 1.29 is 23.9 Å². The zero-order valence-electron chi connectivity index (χ0n) is 15.9. The Morgan fingerprint density at radius 2 is 1.71 bits per heavy atom. The highest BCUT2D eigenvalue weighted by Gasteiger charge is 2.22. The Morgan fingerprint density at radius 1 is 1.00 bits per heavy atom. The molecule has 148 valence electrons. The number of carbonyl (C=O) groups is 3. The lowest BCUT2D eigenvalue weighted by Crippen LogP contribution is -2.47.